The van der Waals surface area contributed by atoms with Crippen molar-refractivity contribution in [1.82, 2.24) is 42.2 Å². The molecule has 2 unspecified atom stereocenters. The molecule has 1 aliphatic rings. The highest BCUT2D eigenvalue weighted by molar-refractivity contribution is 5.98. The van der Waals surface area contributed by atoms with Gasteiger partial charge >= 0.3 is 0 Å². The SMILES string of the molecule is C[C@@H](O)[C@@H]1NC(=O)[C@H](CCCCN)NC(=O)[C@H](Cc2c[nH]c3ccccc23)NC(=O)[C@H](Cc2ccccc2)NC(=O)C(NC(=O)[C@@H](N)Cc2ccccc2)CCCCC(C(=O)N[C@H](CO)[C@@H](C)O)NC1=O. The van der Waals surface area contributed by atoms with Gasteiger partial charge in [-0.2, -0.15) is 0 Å². The predicted molar refractivity (Wildman–Crippen MR) is 266 cm³/mol. The van der Waals surface area contributed by atoms with E-state index in [2.05, 4.69) is 42.2 Å². The number of aromatic amines is 1. The first-order valence-electron chi connectivity index (χ1n) is 24.3. The number of nitrogens with two attached hydrogens (primary N) is 2. The summed E-state index contributed by atoms with van der Waals surface area (Å²) in [6.45, 7) is 2.26. The molecule has 3 aromatic carbocycles. The van der Waals surface area contributed by atoms with Gasteiger partial charge in [0, 0.05) is 29.9 Å². The Balaban J connectivity index is 1.56. The van der Waals surface area contributed by atoms with Gasteiger partial charge in [-0.05, 0) is 81.7 Å². The van der Waals surface area contributed by atoms with Gasteiger partial charge in [0.05, 0.1) is 30.9 Å². The van der Waals surface area contributed by atoms with Crippen LogP contribution in [0.3, 0.4) is 0 Å². The Morgan fingerprint density at radius 3 is 1.94 bits per heavy atom. The fourth-order valence-electron chi connectivity index (χ4n) is 8.36. The van der Waals surface area contributed by atoms with E-state index in [-0.39, 0.29) is 57.9 Å². The molecular weight excluding hydrogens is 913 g/mol. The van der Waals surface area contributed by atoms with Crippen LogP contribution in [0.2, 0.25) is 0 Å². The van der Waals surface area contributed by atoms with E-state index >= 15 is 0 Å². The van der Waals surface area contributed by atoms with E-state index in [0.717, 1.165) is 16.5 Å². The molecule has 0 bridgehead atoms. The van der Waals surface area contributed by atoms with Gasteiger partial charge in [-0.15, -0.1) is 0 Å². The quantitative estimate of drug-likeness (QED) is 0.0589. The van der Waals surface area contributed by atoms with E-state index in [0.29, 0.717) is 24.0 Å². The lowest BCUT2D eigenvalue weighted by Gasteiger charge is -2.29. The van der Waals surface area contributed by atoms with Crippen molar-refractivity contribution in [3.8, 4) is 0 Å². The van der Waals surface area contributed by atoms with Crippen molar-refractivity contribution in [3.05, 3.63) is 108 Å². The van der Waals surface area contributed by atoms with E-state index in [9.17, 15) is 48.9 Å². The number of aliphatic hydroxyl groups is 3. The fraction of sp³-hybridized carbons (Fsp3) is 0.471. The number of H-pyrrole nitrogens is 1. The zero-order chi connectivity index (χ0) is 51.5. The number of hydrogen-bond acceptors (Lipinski definition) is 12. The highest BCUT2D eigenvalue weighted by atomic mass is 16.3. The van der Waals surface area contributed by atoms with Crippen molar-refractivity contribution in [2.75, 3.05) is 13.2 Å². The molecule has 1 aliphatic heterocycles. The van der Waals surface area contributed by atoms with Crippen molar-refractivity contribution in [2.45, 2.75) is 139 Å². The van der Waals surface area contributed by atoms with Crippen LogP contribution in [0.4, 0.5) is 0 Å². The average molecular weight is 983 g/mol. The van der Waals surface area contributed by atoms with E-state index in [1.165, 1.54) is 13.8 Å². The van der Waals surface area contributed by atoms with Gasteiger partial charge in [0.1, 0.15) is 36.3 Å². The highest BCUT2D eigenvalue weighted by Crippen LogP contribution is 2.20. The largest absolute Gasteiger partial charge is 0.394 e. The molecule has 10 atom stereocenters. The summed E-state index contributed by atoms with van der Waals surface area (Å²) in [5.41, 5.74) is 15.0. The predicted octanol–water partition coefficient (Wildman–Crippen LogP) is -0.626. The van der Waals surface area contributed by atoms with Crippen molar-refractivity contribution in [3.63, 3.8) is 0 Å². The lowest BCUT2D eigenvalue weighted by atomic mass is 9.99. The Labute approximate surface area is 413 Å². The maximum absolute atomic E-state index is 14.7. The van der Waals surface area contributed by atoms with Gasteiger partial charge in [-0.25, -0.2) is 0 Å². The summed E-state index contributed by atoms with van der Waals surface area (Å²) >= 11 is 0. The van der Waals surface area contributed by atoms with Crippen LogP contribution < -0.4 is 48.7 Å². The molecule has 5 rings (SSSR count). The molecule has 0 saturated carbocycles. The van der Waals surface area contributed by atoms with Gasteiger partial charge in [0.25, 0.3) is 0 Å². The molecule has 4 aromatic rings. The average Bonchev–Trinajstić information content (AvgIpc) is 3.76. The summed E-state index contributed by atoms with van der Waals surface area (Å²) in [5.74, 6) is -5.51. The minimum Gasteiger partial charge on any atom is -0.394 e. The Hall–Kier alpha value is -6.71. The zero-order valence-electron chi connectivity index (χ0n) is 40.3. The summed E-state index contributed by atoms with van der Waals surface area (Å²) in [5, 5.41) is 50.7. The Morgan fingerprint density at radius 2 is 1.30 bits per heavy atom. The standard InChI is InChI=1S/C51H70N10O10/c1-30(63)43(29-62)60-47(67)39-22-12-11-21-38(55-45(65)36(53)25-32-15-5-3-6-16-32)46(66)58-41(26-33-17-7-4-8-18-33)49(69)59-42(27-34-28-54-37-20-10-9-19-35(34)37)50(70)56-40(23-13-14-24-52)48(68)61-44(31(2)64)51(71)57-39/h3-10,15-20,28,30-31,36,38-44,54,62-64H,11-14,21-27,29,52-53H2,1-2H3,(H,55,65)(H,56,70)(H,57,71)(H,58,66)(H,59,69)(H,60,67)(H,61,68)/t30-,31-,36+,38?,39?,40+,41+,42+,43-,44+/m1/s1. The molecule has 71 heavy (non-hydrogen) atoms. The molecule has 384 valence electrons. The molecular formula is C51H70N10O10. The Kier molecular flexibility index (Phi) is 21.5. The molecule has 0 aliphatic carbocycles. The topological polar surface area (TPSA) is 332 Å². The summed E-state index contributed by atoms with van der Waals surface area (Å²) in [6, 6.07) is 14.9. The van der Waals surface area contributed by atoms with E-state index < -0.39 is 108 Å². The van der Waals surface area contributed by atoms with Crippen LogP contribution >= 0.6 is 0 Å². The number of para-hydroxylation sites is 1. The van der Waals surface area contributed by atoms with Crippen molar-refractivity contribution >= 4 is 52.3 Å². The zero-order valence-corrected chi connectivity index (χ0v) is 40.3. The molecule has 20 heteroatoms. The molecule has 15 N–H and O–H groups in total. The van der Waals surface area contributed by atoms with Gasteiger partial charge in [-0.3, -0.25) is 33.6 Å². The summed E-state index contributed by atoms with van der Waals surface area (Å²) < 4.78 is 0. The summed E-state index contributed by atoms with van der Waals surface area (Å²) in [7, 11) is 0. The third-order valence-corrected chi connectivity index (χ3v) is 12.5. The summed E-state index contributed by atoms with van der Waals surface area (Å²) in [4.78, 5) is 103. The van der Waals surface area contributed by atoms with Gasteiger partial charge in [-0.1, -0.05) is 91.7 Å². The number of hydrogen-bond donors (Lipinski definition) is 13. The van der Waals surface area contributed by atoms with Crippen LogP contribution in [0.25, 0.3) is 10.9 Å². The second-order valence-corrected chi connectivity index (χ2v) is 18.2. The number of amides is 7. The summed E-state index contributed by atoms with van der Waals surface area (Å²) in [6.07, 6.45) is 0.113. The monoisotopic (exact) mass is 983 g/mol. The molecule has 20 nitrogen and oxygen atoms in total. The molecule has 1 aromatic heterocycles. The van der Waals surface area contributed by atoms with E-state index in [1.54, 1.807) is 36.5 Å². The highest BCUT2D eigenvalue weighted by Gasteiger charge is 2.36. The number of carbonyl (C=O) groups is 7. The minimum absolute atomic E-state index is 0.0311. The van der Waals surface area contributed by atoms with Crippen molar-refractivity contribution in [2.24, 2.45) is 11.5 Å². The maximum atomic E-state index is 14.7. The first-order chi connectivity index (χ1) is 34.1. The molecule has 0 spiro atoms. The van der Waals surface area contributed by atoms with Crippen LogP contribution in [0, 0.1) is 0 Å². The lowest BCUT2D eigenvalue weighted by Crippen LogP contribution is -2.62. The second-order valence-electron chi connectivity index (χ2n) is 18.2. The number of aromatic nitrogens is 1. The number of carbonyl (C=O) groups excluding carboxylic acids is 7. The van der Waals surface area contributed by atoms with Crippen LogP contribution in [-0.4, -0.2) is 135 Å². The molecule has 1 fully saturated rings. The molecule has 1 saturated heterocycles. The maximum Gasteiger partial charge on any atom is 0.245 e. The minimum atomic E-state index is -1.65. The normalized spacial score (nSPS) is 22.8. The first kappa shape index (κ1) is 55.2. The van der Waals surface area contributed by atoms with Crippen LogP contribution in [-0.2, 0) is 52.8 Å². The van der Waals surface area contributed by atoms with Crippen LogP contribution in [0.5, 0.6) is 0 Å². The first-order valence-corrected chi connectivity index (χ1v) is 24.3. The van der Waals surface area contributed by atoms with Crippen LogP contribution in [0.15, 0.2) is 91.1 Å². The number of rotatable bonds is 17. The second kappa shape index (κ2) is 27.6. The number of fused-ring (bicyclic) bond motifs is 1. The molecule has 7 amide bonds. The van der Waals surface area contributed by atoms with Gasteiger partial charge < -0.3 is 69.0 Å². The smallest absolute Gasteiger partial charge is 0.245 e. The van der Waals surface area contributed by atoms with Crippen molar-refractivity contribution in [1.29, 1.82) is 0 Å². The lowest BCUT2D eigenvalue weighted by molar-refractivity contribution is -0.137. The van der Waals surface area contributed by atoms with Gasteiger partial charge in [0.2, 0.25) is 41.4 Å². The molecule has 0 radical (unpaired) electrons. The van der Waals surface area contributed by atoms with E-state index in [1.807, 2.05) is 54.6 Å². The number of benzene rings is 3. The van der Waals surface area contributed by atoms with Crippen molar-refractivity contribution < 1.29 is 48.9 Å². The van der Waals surface area contributed by atoms with E-state index in [4.69, 9.17) is 11.5 Å². The Morgan fingerprint density at radius 1 is 0.704 bits per heavy atom. The van der Waals surface area contributed by atoms with Gasteiger partial charge in [0.15, 0.2) is 0 Å². The number of nitrogens with one attached hydrogen (secondary N) is 8. The third kappa shape index (κ3) is 16.7. The number of aliphatic hydroxyl groups excluding tert-OH is 3. The van der Waals surface area contributed by atoms with Crippen LogP contribution in [0.1, 0.15) is 75.5 Å². The molecule has 2 heterocycles. The third-order valence-electron chi connectivity index (χ3n) is 12.5. The Bertz CT molecular complexity index is 2380. The fourth-order valence-corrected chi connectivity index (χ4v) is 8.36. The number of unbranched alkanes of at least 4 members (excludes halogenated alkanes) is 1.